The van der Waals surface area contributed by atoms with E-state index in [1.807, 2.05) is 0 Å². The maximum atomic E-state index is 12.8. The summed E-state index contributed by atoms with van der Waals surface area (Å²) in [4.78, 5) is 35.4. The summed E-state index contributed by atoms with van der Waals surface area (Å²) >= 11 is 0. The summed E-state index contributed by atoms with van der Waals surface area (Å²) in [5.41, 5.74) is 5.40. The summed E-state index contributed by atoms with van der Waals surface area (Å²) in [6.07, 6.45) is 92.1. The second-order valence-corrected chi connectivity index (χ2v) is 24.5. The highest BCUT2D eigenvalue weighted by atomic mass is 31.2. The van der Waals surface area contributed by atoms with Crippen molar-refractivity contribution in [2.45, 2.75) is 328 Å². The Hall–Kier alpha value is -3.07. The number of ether oxygens (including phenoxy) is 2. The zero-order valence-electron chi connectivity index (χ0n) is 53.9. The Morgan fingerprint density at radius 1 is 0.373 bits per heavy atom. The number of unbranched alkanes of at least 4 members (excludes halogenated alkanes) is 36. The van der Waals surface area contributed by atoms with Crippen LogP contribution < -0.4 is 5.73 Å². The number of hydrogen-bond donors (Lipinski definition) is 2. The maximum absolute atomic E-state index is 12.8. The molecule has 0 aliphatic rings. The normalized spacial score (nSPS) is 13.5. The molecule has 0 rings (SSSR count). The number of allylic oxidation sites excluding steroid dienone is 16. The standard InChI is InChI=1S/C73H130NO8P/c1-3-5-7-9-11-13-15-17-19-21-23-25-27-29-31-33-34-35-36-38-39-41-43-45-47-49-51-53-55-57-59-61-63-65-72(75)79-69-71(70-81-83(77,78)80-68-67-74)82-73(76)66-64-62-60-58-56-54-52-50-48-46-44-42-40-37-32-30-28-26-24-22-20-18-16-14-12-10-8-6-4-2/h6,8,12,14-15,17-18,20-21,23-24,26,30,32,40,42,71H,3-5,7,9-11,13,16,19,22,25,27-29,31,33-39,41,43-70,74H2,1-2H3,(H,77,78)/b8-6-,14-12-,17-15-,20-18-,23-21-,26-24-,32-30-,42-40-. The summed E-state index contributed by atoms with van der Waals surface area (Å²) in [5.74, 6) is -0.824. The minimum Gasteiger partial charge on any atom is -0.462 e. The van der Waals surface area contributed by atoms with Crippen molar-refractivity contribution in [2.24, 2.45) is 5.73 Å². The van der Waals surface area contributed by atoms with Crippen molar-refractivity contribution >= 4 is 19.8 Å². The van der Waals surface area contributed by atoms with E-state index in [-0.39, 0.29) is 38.6 Å². The van der Waals surface area contributed by atoms with E-state index >= 15 is 0 Å². The average Bonchev–Trinajstić information content (AvgIpc) is 3.49. The SMILES string of the molecule is CC/C=C\C/C=C\C/C=C\C/C=C\C/C=C\C/C=C\CCCCCCCCCCCCC(=O)OC(COC(=O)CCCCCCCCCCCCCCCCCCCCCCC/C=C\C/C=C\CCCCCCC)COP(=O)(O)OCCN. The van der Waals surface area contributed by atoms with E-state index in [2.05, 4.69) is 111 Å². The molecular formula is C73H130NO8P. The van der Waals surface area contributed by atoms with Gasteiger partial charge in [0.25, 0.3) is 0 Å². The lowest BCUT2D eigenvalue weighted by molar-refractivity contribution is -0.161. The molecule has 9 nitrogen and oxygen atoms in total. The van der Waals surface area contributed by atoms with E-state index in [9.17, 15) is 19.0 Å². The number of carbonyl (C=O) groups excluding carboxylic acids is 2. The molecule has 0 heterocycles. The third-order valence-corrected chi connectivity index (χ3v) is 15.9. The highest BCUT2D eigenvalue weighted by molar-refractivity contribution is 7.47. The van der Waals surface area contributed by atoms with Crippen LogP contribution in [0.25, 0.3) is 0 Å². The number of phosphoric acid groups is 1. The fourth-order valence-corrected chi connectivity index (χ4v) is 10.6. The van der Waals surface area contributed by atoms with Crippen LogP contribution in [0.4, 0.5) is 0 Å². The quantitative estimate of drug-likeness (QED) is 0.0264. The van der Waals surface area contributed by atoms with E-state index in [1.165, 1.54) is 199 Å². The van der Waals surface area contributed by atoms with Gasteiger partial charge >= 0.3 is 19.8 Å². The molecule has 0 spiro atoms. The molecule has 0 amide bonds. The number of phosphoric ester groups is 1. The molecule has 480 valence electrons. The van der Waals surface area contributed by atoms with Gasteiger partial charge in [0.2, 0.25) is 0 Å². The Balaban J connectivity index is 3.88. The van der Waals surface area contributed by atoms with Gasteiger partial charge in [0.05, 0.1) is 13.2 Å². The molecule has 0 aliphatic heterocycles. The lowest BCUT2D eigenvalue weighted by atomic mass is 10.0. The van der Waals surface area contributed by atoms with Crippen molar-refractivity contribution in [3.05, 3.63) is 97.2 Å². The van der Waals surface area contributed by atoms with Crippen LogP contribution in [0.1, 0.15) is 322 Å². The molecule has 2 unspecified atom stereocenters. The molecule has 0 bridgehead atoms. The third-order valence-electron chi connectivity index (χ3n) is 15.0. The van der Waals surface area contributed by atoms with Crippen LogP contribution in [-0.2, 0) is 32.7 Å². The van der Waals surface area contributed by atoms with E-state index in [0.717, 1.165) is 89.9 Å². The van der Waals surface area contributed by atoms with E-state index < -0.39 is 26.5 Å². The minimum atomic E-state index is -4.40. The molecule has 0 radical (unpaired) electrons. The predicted octanol–water partition coefficient (Wildman–Crippen LogP) is 22.7. The Bertz CT molecular complexity index is 1680. The van der Waals surface area contributed by atoms with Gasteiger partial charge in [0, 0.05) is 19.4 Å². The van der Waals surface area contributed by atoms with Crippen molar-refractivity contribution in [1.82, 2.24) is 0 Å². The van der Waals surface area contributed by atoms with Gasteiger partial charge in [-0.05, 0) is 96.3 Å². The fraction of sp³-hybridized carbons (Fsp3) is 0.753. The zero-order chi connectivity index (χ0) is 60.1. The van der Waals surface area contributed by atoms with Gasteiger partial charge in [-0.3, -0.25) is 18.6 Å². The smallest absolute Gasteiger partial charge is 0.462 e. The number of hydrogen-bond acceptors (Lipinski definition) is 8. The van der Waals surface area contributed by atoms with Crippen LogP contribution >= 0.6 is 7.82 Å². The summed E-state index contributed by atoms with van der Waals surface area (Å²) in [6, 6.07) is 0. The van der Waals surface area contributed by atoms with Crippen LogP contribution in [0.15, 0.2) is 97.2 Å². The topological polar surface area (TPSA) is 134 Å². The van der Waals surface area contributed by atoms with Gasteiger partial charge in [-0.25, -0.2) is 4.57 Å². The number of esters is 2. The van der Waals surface area contributed by atoms with Gasteiger partial charge in [-0.2, -0.15) is 0 Å². The summed E-state index contributed by atoms with van der Waals surface area (Å²) in [6.45, 7) is 3.65. The van der Waals surface area contributed by atoms with Gasteiger partial charge in [0.15, 0.2) is 6.10 Å². The predicted molar refractivity (Wildman–Crippen MR) is 358 cm³/mol. The summed E-state index contributed by atoms with van der Waals surface area (Å²) in [5, 5.41) is 0. The van der Waals surface area contributed by atoms with Crippen molar-refractivity contribution in [3.8, 4) is 0 Å². The van der Waals surface area contributed by atoms with Crippen molar-refractivity contribution in [1.29, 1.82) is 0 Å². The van der Waals surface area contributed by atoms with E-state index in [1.54, 1.807) is 0 Å². The third kappa shape index (κ3) is 67.9. The average molecular weight is 1180 g/mol. The van der Waals surface area contributed by atoms with Crippen LogP contribution in [0.5, 0.6) is 0 Å². The first-order valence-electron chi connectivity index (χ1n) is 34.7. The number of rotatable bonds is 65. The first-order chi connectivity index (χ1) is 40.8. The van der Waals surface area contributed by atoms with Gasteiger partial charge < -0.3 is 20.1 Å². The molecule has 0 aromatic carbocycles. The summed E-state index contributed by atoms with van der Waals surface area (Å²) in [7, 11) is -4.40. The van der Waals surface area contributed by atoms with Crippen molar-refractivity contribution in [3.63, 3.8) is 0 Å². The van der Waals surface area contributed by atoms with Crippen LogP contribution in [0.3, 0.4) is 0 Å². The molecule has 2 atom stereocenters. The van der Waals surface area contributed by atoms with Crippen molar-refractivity contribution < 1.29 is 37.6 Å². The molecule has 83 heavy (non-hydrogen) atoms. The Morgan fingerprint density at radius 3 is 0.988 bits per heavy atom. The first kappa shape index (κ1) is 79.9. The number of nitrogens with two attached hydrogens (primary N) is 1. The largest absolute Gasteiger partial charge is 0.472 e. The maximum Gasteiger partial charge on any atom is 0.472 e. The van der Waals surface area contributed by atoms with Crippen molar-refractivity contribution in [2.75, 3.05) is 26.4 Å². The second kappa shape index (κ2) is 68.0. The lowest BCUT2D eigenvalue weighted by Gasteiger charge is -2.19. The zero-order valence-corrected chi connectivity index (χ0v) is 54.8. The lowest BCUT2D eigenvalue weighted by Crippen LogP contribution is -2.29. The molecule has 0 aromatic rings. The second-order valence-electron chi connectivity index (χ2n) is 23.0. The molecular weight excluding hydrogens is 1050 g/mol. The number of carbonyl (C=O) groups is 2. The van der Waals surface area contributed by atoms with Gasteiger partial charge in [-0.15, -0.1) is 0 Å². The first-order valence-corrected chi connectivity index (χ1v) is 36.2. The Labute approximate surface area is 512 Å². The fourth-order valence-electron chi connectivity index (χ4n) is 9.85. The summed E-state index contributed by atoms with van der Waals surface area (Å²) < 4.78 is 33.2. The minimum absolute atomic E-state index is 0.0500. The molecule has 0 aromatic heterocycles. The van der Waals surface area contributed by atoms with Crippen LogP contribution in [-0.4, -0.2) is 49.3 Å². The molecule has 0 aliphatic carbocycles. The van der Waals surface area contributed by atoms with E-state index in [0.29, 0.717) is 6.42 Å². The molecule has 10 heteroatoms. The van der Waals surface area contributed by atoms with E-state index in [4.69, 9.17) is 24.3 Å². The molecule has 3 N–H and O–H groups in total. The highest BCUT2D eigenvalue weighted by Gasteiger charge is 2.26. The Kier molecular flexibility index (Phi) is 65.5. The van der Waals surface area contributed by atoms with Crippen LogP contribution in [0, 0.1) is 0 Å². The Morgan fingerprint density at radius 2 is 0.663 bits per heavy atom. The molecule has 0 saturated carbocycles. The van der Waals surface area contributed by atoms with Gasteiger partial charge in [0.1, 0.15) is 6.61 Å². The van der Waals surface area contributed by atoms with Gasteiger partial charge in [-0.1, -0.05) is 310 Å². The molecule has 0 fully saturated rings. The monoisotopic (exact) mass is 1180 g/mol. The van der Waals surface area contributed by atoms with Crippen LogP contribution in [0.2, 0.25) is 0 Å². The highest BCUT2D eigenvalue weighted by Crippen LogP contribution is 2.43. The molecule has 0 saturated heterocycles.